The van der Waals surface area contributed by atoms with Gasteiger partial charge < -0.3 is 10.6 Å². The number of rotatable bonds is 5. The van der Waals surface area contributed by atoms with Crippen molar-refractivity contribution >= 4 is 29.9 Å². The summed E-state index contributed by atoms with van der Waals surface area (Å²) in [6, 6.07) is 9.88. The summed E-state index contributed by atoms with van der Waals surface area (Å²) in [5.74, 6) is 0.777. The zero-order valence-electron chi connectivity index (χ0n) is 12.0. The third kappa shape index (κ3) is 6.52. The van der Waals surface area contributed by atoms with Crippen LogP contribution in [-0.2, 0) is 13.0 Å². The molecule has 21 heavy (non-hydrogen) atoms. The van der Waals surface area contributed by atoms with Gasteiger partial charge in [0.25, 0.3) is 0 Å². The minimum absolute atomic E-state index is 0. The van der Waals surface area contributed by atoms with Gasteiger partial charge in [0, 0.05) is 32.2 Å². The van der Waals surface area contributed by atoms with Crippen molar-refractivity contribution in [2.24, 2.45) is 4.99 Å². The standard InChI is InChI=1S/C15H19N5.HI/c1-16-15(20-12-14-6-2-3-9-18-14)19-10-7-13-5-4-8-17-11-13;/h2-6,8-9,11H,7,10,12H2,1H3,(H2,16,19,20);1H. The highest BCUT2D eigenvalue weighted by atomic mass is 127. The van der Waals surface area contributed by atoms with Crippen LogP contribution in [0.5, 0.6) is 0 Å². The van der Waals surface area contributed by atoms with Gasteiger partial charge in [-0.3, -0.25) is 15.0 Å². The van der Waals surface area contributed by atoms with E-state index in [4.69, 9.17) is 0 Å². The molecule has 0 spiro atoms. The molecule has 5 nitrogen and oxygen atoms in total. The van der Waals surface area contributed by atoms with E-state index >= 15 is 0 Å². The van der Waals surface area contributed by atoms with Gasteiger partial charge in [0.15, 0.2) is 5.96 Å². The van der Waals surface area contributed by atoms with Crippen molar-refractivity contribution in [3.8, 4) is 0 Å². The largest absolute Gasteiger partial charge is 0.356 e. The Morgan fingerprint density at radius 2 is 2.05 bits per heavy atom. The molecule has 0 atom stereocenters. The van der Waals surface area contributed by atoms with Crippen LogP contribution < -0.4 is 10.6 Å². The van der Waals surface area contributed by atoms with E-state index in [0.29, 0.717) is 6.54 Å². The van der Waals surface area contributed by atoms with Gasteiger partial charge in [-0.2, -0.15) is 0 Å². The number of aromatic nitrogens is 2. The summed E-state index contributed by atoms with van der Waals surface area (Å²) in [7, 11) is 1.76. The molecule has 0 aliphatic heterocycles. The van der Waals surface area contributed by atoms with Crippen molar-refractivity contribution in [2.75, 3.05) is 13.6 Å². The van der Waals surface area contributed by atoms with Gasteiger partial charge in [0.2, 0.25) is 0 Å². The molecule has 2 aromatic rings. The van der Waals surface area contributed by atoms with E-state index < -0.39 is 0 Å². The van der Waals surface area contributed by atoms with E-state index in [2.05, 4.69) is 31.7 Å². The van der Waals surface area contributed by atoms with Gasteiger partial charge >= 0.3 is 0 Å². The molecule has 0 aliphatic carbocycles. The van der Waals surface area contributed by atoms with Crippen LogP contribution in [0.15, 0.2) is 53.9 Å². The van der Waals surface area contributed by atoms with Crippen LogP contribution in [0.2, 0.25) is 0 Å². The maximum Gasteiger partial charge on any atom is 0.191 e. The molecule has 0 bridgehead atoms. The van der Waals surface area contributed by atoms with Crippen LogP contribution >= 0.6 is 24.0 Å². The number of halogens is 1. The average molecular weight is 397 g/mol. The maximum absolute atomic E-state index is 4.26. The normalized spacial score (nSPS) is 10.6. The van der Waals surface area contributed by atoms with E-state index in [1.54, 1.807) is 19.4 Å². The molecule has 0 amide bonds. The summed E-state index contributed by atoms with van der Waals surface area (Å²) in [5.41, 5.74) is 2.20. The second-order valence-corrected chi connectivity index (χ2v) is 4.28. The summed E-state index contributed by atoms with van der Waals surface area (Å²) in [6.45, 7) is 1.47. The van der Waals surface area contributed by atoms with Crippen molar-refractivity contribution in [1.82, 2.24) is 20.6 Å². The second-order valence-electron chi connectivity index (χ2n) is 4.28. The Morgan fingerprint density at radius 1 is 1.14 bits per heavy atom. The predicted octanol–water partition coefficient (Wildman–Crippen LogP) is 2.00. The van der Waals surface area contributed by atoms with Gasteiger partial charge in [-0.25, -0.2) is 0 Å². The van der Waals surface area contributed by atoms with Crippen molar-refractivity contribution in [2.45, 2.75) is 13.0 Å². The molecule has 0 fully saturated rings. The Hall–Kier alpha value is -1.70. The molecule has 0 radical (unpaired) electrons. The molecule has 112 valence electrons. The topological polar surface area (TPSA) is 62.2 Å². The number of aliphatic imine (C=N–C) groups is 1. The van der Waals surface area contributed by atoms with Crippen LogP contribution in [0.1, 0.15) is 11.3 Å². The van der Waals surface area contributed by atoms with E-state index in [1.165, 1.54) is 5.56 Å². The van der Waals surface area contributed by atoms with Gasteiger partial charge in [-0.15, -0.1) is 24.0 Å². The fraction of sp³-hybridized carbons (Fsp3) is 0.267. The highest BCUT2D eigenvalue weighted by Gasteiger charge is 1.99. The Labute approximate surface area is 142 Å². The molecule has 2 rings (SSSR count). The van der Waals surface area contributed by atoms with Crippen molar-refractivity contribution in [3.63, 3.8) is 0 Å². The summed E-state index contributed by atoms with van der Waals surface area (Å²) in [4.78, 5) is 12.5. The Kier molecular flexibility index (Phi) is 8.34. The van der Waals surface area contributed by atoms with Gasteiger partial charge in [-0.1, -0.05) is 12.1 Å². The molecule has 2 aromatic heterocycles. The van der Waals surface area contributed by atoms with E-state index in [9.17, 15) is 0 Å². The highest BCUT2D eigenvalue weighted by molar-refractivity contribution is 14.0. The minimum Gasteiger partial charge on any atom is -0.356 e. The first-order valence-electron chi connectivity index (χ1n) is 6.62. The lowest BCUT2D eigenvalue weighted by molar-refractivity contribution is 0.782. The molecule has 0 saturated carbocycles. The predicted molar refractivity (Wildman–Crippen MR) is 95.8 cm³/mol. The Morgan fingerprint density at radius 3 is 2.71 bits per heavy atom. The smallest absolute Gasteiger partial charge is 0.191 e. The number of pyridine rings is 2. The molecule has 2 heterocycles. The Bertz CT molecular complexity index is 530. The molecule has 0 unspecified atom stereocenters. The highest BCUT2D eigenvalue weighted by Crippen LogP contribution is 1.95. The molecular formula is C15H20IN5. The minimum atomic E-state index is 0. The molecule has 0 saturated heterocycles. The number of hydrogen-bond acceptors (Lipinski definition) is 3. The summed E-state index contributed by atoms with van der Waals surface area (Å²) >= 11 is 0. The lowest BCUT2D eigenvalue weighted by atomic mass is 10.2. The number of nitrogens with zero attached hydrogens (tertiary/aromatic N) is 3. The van der Waals surface area contributed by atoms with E-state index in [-0.39, 0.29) is 24.0 Å². The second kappa shape index (κ2) is 10.1. The first-order chi connectivity index (χ1) is 9.88. The quantitative estimate of drug-likeness (QED) is 0.461. The van der Waals surface area contributed by atoms with Crippen LogP contribution in [0, 0.1) is 0 Å². The first-order valence-corrected chi connectivity index (χ1v) is 6.62. The van der Waals surface area contributed by atoms with Crippen LogP contribution in [-0.4, -0.2) is 29.5 Å². The monoisotopic (exact) mass is 397 g/mol. The number of nitrogens with one attached hydrogen (secondary N) is 2. The average Bonchev–Trinajstić information content (AvgIpc) is 2.52. The molecular weight excluding hydrogens is 377 g/mol. The zero-order chi connectivity index (χ0) is 14.0. The zero-order valence-corrected chi connectivity index (χ0v) is 14.3. The SMILES string of the molecule is CN=C(NCCc1cccnc1)NCc1ccccn1.I. The number of guanidine groups is 1. The molecule has 0 aromatic carbocycles. The number of hydrogen-bond donors (Lipinski definition) is 2. The fourth-order valence-electron chi connectivity index (χ4n) is 1.77. The molecule has 2 N–H and O–H groups in total. The summed E-state index contributed by atoms with van der Waals surface area (Å²) < 4.78 is 0. The van der Waals surface area contributed by atoms with Gasteiger partial charge in [0.05, 0.1) is 12.2 Å². The van der Waals surface area contributed by atoms with Gasteiger partial charge in [-0.05, 0) is 30.2 Å². The first kappa shape index (κ1) is 17.4. The van der Waals surface area contributed by atoms with Crippen LogP contribution in [0.3, 0.4) is 0 Å². The third-order valence-electron chi connectivity index (χ3n) is 2.82. The molecule has 0 aliphatic rings. The fourth-order valence-corrected chi connectivity index (χ4v) is 1.77. The van der Waals surface area contributed by atoms with Crippen LogP contribution in [0.25, 0.3) is 0 Å². The summed E-state index contributed by atoms with van der Waals surface area (Å²) in [5, 5.41) is 6.50. The maximum atomic E-state index is 4.26. The summed E-state index contributed by atoms with van der Waals surface area (Å²) in [6.07, 6.45) is 6.36. The van der Waals surface area contributed by atoms with E-state index in [1.807, 2.05) is 30.5 Å². The van der Waals surface area contributed by atoms with Crippen molar-refractivity contribution < 1.29 is 0 Å². The molecule has 6 heteroatoms. The Balaban J connectivity index is 0.00000220. The lowest BCUT2D eigenvalue weighted by Gasteiger charge is -2.11. The third-order valence-corrected chi connectivity index (χ3v) is 2.82. The lowest BCUT2D eigenvalue weighted by Crippen LogP contribution is -2.38. The van der Waals surface area contributed by atoms with Crippen molar-refractivity contribution in [1.29, 1.82) is 0 Å². The van der Waals surface area contributed by atoms with Crippen LogP contribution in [0.4, 0.5) is 0 Å². The van der Waals surface area contributed by atoms with Gasteiger partial charge in [0.1, 0.15) is 0 Å². The van der Waals surface area contributed by atoms with E-state index in [0.717, 1.165) is 24.6 Å². The van der Waals surface area contributed by atoms with Crippen molar-refractivity contribution in [3.05, 3.63) is 60.2 Å².